The second-order valence-electron chi connectivity index (χ2n) is 5.77. The zero-order valence-corrected chi connectivity index (χ0v) is 12.3. The molecule has 1 aliphatic carbocycles. The van der Waals surface area contributed by atoms with Gasteiger partial charge in [-0.1, -0.05) is 25.0 Å². The zero-order valence-electron chi connectivity index (χ0n) is 12.3. The molecule has 0 saturated heterocycles. The minimum atomic E-state index is -0.779. The Labute approximate surface area is 124 Å². The van der Waals surface area contributed by atoms with Gasteiger partial charge < -0.3 is 15.2 Å². The van der Waals surface area contributed by atoms with E-state index in [1.807, 2.05) is 0 Å². The maximum atomic E-state index is 13.5. The summed E-state index contributed by atoms with van der Waals surface area (Å²) in [5.41, 5.74) is -0.201. The highest BCUT2D eigenvalue weighted by molar-refractivity contribution is 5.80. The Morgan fingerprint density at radius 3 is 2.71 bits per heavy atom. The van der Waals surface area contributed by atoms with Crippen LogP contribution in [0.5, 0.6) is 5.75 Å². The van der Waals surface area contributed by atoms with E-state index in [0.29, 0.717) is 6.54 Å². The lowest BCUT2D eigenvalue weighted by atomic mass is 9.87. The topological polar surface area (TPSA) is 58.6 Å². The maximum absolute atomic E-state index is 13.5. The van der Waals surface area contributed by atoms with Crippen molar-refractivity contribution in [3.05, 3.63) is 30.1 Å². The Morgan fingerprint density at radius 2 is 2.10 bits per heavy atom. The average Bonchev–Trinajstić information content (AvgIpc) is 2.96. The lowest BCUT2D eigenvalue weighted by molar-refractivity contribution is -0.128. The van der Waals surface area contributed by atoms with Crippen molar-refractivity contribution in [1.82, 2.24) is 5.32 Å². The molecule has 1 aromatic rings. The highest BCUT2D eigenvalue weighted by Gasteiger charge is 2.34. The first-order valence-electron chi connectivity index (χ1n) is 7.36. The monoisotopic (exact) mass is 295 g/mol. The van der Waals surface area contributed by atoms with E-state index in [1.54, 1.807) is 19.1 Å². The SMILES string of the molecule is CC(Oc1ccccc1F)C(=O)NCC1(CO)CCCC1. The van der Waals surface area contributed by atoms with Crippen molar-refractivity contribution < 1.29 is 19.0 Å². The Morgan fingerprint density at radius 1 is 1.43 bits per heavy atom. The molecule has 2 N–H and O–H groups in total. The van der Waals surface area contributed by atoms with Gasteiger partial charge in [0, 0.05) is 12.0 Å². The number of rotatable bonds is 6. The quantitative estimate of drug-likeness (QED) is 0.846. The number of hydrogen-bond donors (Lipinski definition) is 2. The Bertz CT molecular complexity index is 486. The normalized spacial score (nSPS) is 18.2. The summed E-state index contributed by atoms with van der Waals surface area (Å²) >= 11 is 0. The number of hydrogen-bond acceptors (Lipinski definition) is 3. The van der Waals surface area contributed by atoms with Crippen LogP contribution in [0.4, 0.5) is 4.39 Å². The van der Waals surface area contributed by atoms with Gasteiger partial charge in [0.1, 0.15) is 0 Å². The van der Waals surface area contributed by atoms with Crippen LogP contribution in [0.1, 0.15) is 32.6 Å². The summed E-state index contributed by atoms with van der Waals surface area (Å²) in [5.74, 6) is -0.712. The van der Waals surface area contributed by atoms with Crippen molar-refractivity contribution in [2.45, 2.75) is 38.7 Å². The molecule has 2 rings (SSSR count). The van der Waals surface area contributed by atoms with Gasteiger partial charge in [-0.3, -0.25) is 4.79 Å². The van der Waals surface area contributed by atoms with E-state index in [0.717, 1.165) is 25.7 Å². The standard InChI is InChI=1S/C16H22FNO3/c1-12(21-14-7-3-2-6-13(14)17)15(20)18-10-16(11-19)8-4-5-9-16/h2-3,6-7,12,19H,4-5,8-11H2,1H3,(H,18,20). The molecule has 1 aromatic carbocycles. The summed E-state index contributed by atoms with van der Waals surface area (Å²) in [4.78, 5) is 12.0. The van der Waals surface area contributed by atoms with E-state index in [-0.39, 0.29) is 23.7 Å². The molecular weight excluding hydrogens is 273 g/mol. The molecule has 4 nitrogen and oxygen atoms in total. The number of aliphatic hydroxyl groups excluding tert-OH is 1. The van der Waals surface area contributed by atoms with Crippen LogP contribution in [0.25, 0.3) is 0 Å². The minimum absolute atomic E-state index is 0.0675. The molecular formula is C16H22FNO3. The van der Waals surface area contributed by atoms with Gasteiger partial charge in [0.05, 0.1) is 6.61 Å². The first-order chi connectivity index (χ1) is 10.1. The van der Waals surface area contributed by atoms with Crippen LogP contribution < -0.4 is 10.1 Å². The van der Waals surface area contributed by atoms with Crippen molar-refractivity contribution in [3.63, 3.8) is 0 Å². The Kier molecular flexibility index (Phi) is 5.17. The first-order valence-corrected chi connectivity index (χ1v) is 7.36. The van der Waals surface area contributed by atoms with E-state index in [2.05, 4.69) is 5.32 Å². The fourth-order valence-corrected chi connectivity index (χ4v) is 2.72. The van der Waals surface area contributed by atoms with E-state index in [4.69, 9.17) is 4.74 Å². The predicted octanol–water partition coefficient (Wildman–Crippen LogP) is 2.26. The number of amides is 1. The highest BCUT2D eigenvalue weighted by Crippen LogP contribution is 2.36. The van der Waals surface area contributed by atoms with Gasteiger partial charge in [-0.05, 0) is 31.9 Å². The van der Waals surface area contributed by atoms with Crippen LogP contribution in [0.15, 0.2) is 24.3 Å². The number of halogens is 1. The molecule has 1 saturated carbocycles. The minimum Gasteiger partial charge on any atom is -0.478 e. The van der Waals surface area contributed by atoms with Gasteiger partial charge in [-0.25, -0.2) is 4.39 Å². The van der Waals surface area contributed by atoms with Crippen molar-refractivity contribution >= 4 is 5.91 Å². The predicted molar refractivity (Wildman–Crippen MR) is 77.5 cm³/mol. The molecule has 0 aliphatic heterocycles. The Balaban J connectivity index is 1.87. The van der Waals surface area contributed by atoms with Crippen LogP contribution in [0, 0.1) is 11.2 Å². The molecule has 5 heteroatoms. The van der Waals surface area contributed by atoms with E-state index in [9.17, 15) is 14.3 Å². The highest BCUT2D eigenvalue weighted by atomic mass is 19.1. The molecule has 1 fully saturated rings. The van der Waals surface area contributed by atoms with Gasteiger partial charge in [-0.2, -0.15) is 0 Å². The summed E-state index contributed by atoms with van der Waals surface area (Å²) in [7, 11) is 0. The second kappa shape index (κ2) is 6.89. The molecule has 0 radical (unpaired) electrons. The van der Waals surface area contributed by atoms with Gasteiger partial charge in [-0.15, -0.1) is 0 Å². The van der Waals surface area contributed by atoms with Crippen molar-refractivity contribution in [3.8, 4) is 5.75 Å². The fraction of sp³-hybridized carbons (Fsp3) is 0.562. The average molecular weight is 295 g/mol. The summed E-state index contributed by atoms with van der Waals surface area (Å²) in [5, 5.41) is 12.3. The molecule has 1 aliphatic rings. The van der Waals surface area contributed by atoms with E-state index in [1.165, 1.54) is 12.1 Å². The number of nitrogens with one attached hydrogen (secondary N) is 1. The number of carbonyl (C=O) groups is 1. The molecule has 0 spiro atoms. The first kappa shape index (κ1) is 15.8. The van der Waals surface area contributed by atoms with E-state index < -0.39 is 11.9 Å². The van der Waals surface area contributed by atoms with Gasteiger partial charge in [0.2, 0.25) is 0 Å². The number of aliphatic hydroxyl groups is 1. The summed E-state index contributed by atoms with van der Waals surface area (Å²) in [6.45, 7) is 2.10. The molecule has 1 amide bonds. The second-order valence-corrected chi connectivity index (χ2v) is 5.77. The lowest BCUT2D eigenvalue weighted by Crippen LogP contribution is -2.43. The zero-order chi connectivity index (χ0) is 15.3. The third-order valence-corrected chi connectivity index (χ3v) is 4.15. The third kappa shape index (κ3) is 3.94. The maximum Gasteiger partial charge on any atom is 0.260 e. The lowest BCUT2D eigenvalue weighted by Gasteiger charge is -2.27. The molecule has 21 heavy (non-hydrogen) atoms. The summed E-state index contributed by atoms with van der Waals surface area (Å²) in [6, 6.07) is 6.00. The molecule has 0 aromatic heterocycles. The summed E-state index contributed by atoms with van der Waals surface area (Å²) in [6.07, 6.45) is 3.23. The number of carbonyl (C=O) groups excluding carboxylic acids is 1. The summed E-state index contributed by atoms with van der Waals surface area (Å²) < 4.78 is 18.8. The molecule has 1 atom stereocenters. The van der Waals surface area contributed by atoms with Crippen molar-refractivity contribution in [1.29, 1.82) is 0 Å². The van der Waals surface area contributed by atoms with Crippen LogP contribution in [-0.4, -0.2) is 30.3 Å². The third-order valence-electron chi connectivity index (χ3n) is 4.15. The van der Waals surface area contributed by atoms with Crippen LogP contribution in [0.2, 0.25) is 0 Å². The molecule has 0 heterocycles. The number of benzene rings is 1. The molecule has 116 valence electrons. The molecule has 1 unspecified atom stereocenters. The van der Waals surface area contributed by atoms with E-state index >= 15 is 0 Å². The smallest absolute Gasteiger partial charge is 0.260 e. The number of ether oxygens (including phenoxy) is 1. The molecule has 0 bridgehead atoms. The number of para-hydroxylation sites is 1. The largest absolute Gasteiger partial charge is 0.478 e. The Hall–Kier alpha value is -1.62. The van der Waals surface area contributed by atoms with Crippen molar-refractivity contribution in [2.24, 2.45) is 5.41 Å². The van der Waals surface area contributed by atoms with Crippen molar-refractivity contribution in [2.75, 3.05) is 13.2 Å². The fourth-order valence-electron chi connectivity index (χ4n) is 2.72. The van der Waals surface area contributed by atoms with Crippen LogP contribution >= 0.6 is 0 Å². The van der Waals surface area contributed by atoms with Gasteiger partial charge in [0.15, 0.2) is 17.7 Å². The van der Waals surface area contributed by atoms with Crippen LogP contribution in [-0.2, 0) is 4.79 Å². The van der Waals surface area contributed by atoms with Gasteiger partial charge >= 0.3 is 0 Å². The van der Waals surface area contributed by atoms with Crippen LogP contribution in [0.3, 0.4) is 0 Å². The van der Waals surface area contributed by atoms with Gasteiger partial charge in [0.25, 0.3) is 5.91 Å².